The van der Waals surface area contributed by atoms with E-state index in [4.69, 9.17) is 10.5 Å². The average molecular weight is 278 g/mol. The molecule has 1 aliphatic carbocycles. The largest absolute Gasteiger partial charge is 0.495 e. The van der Waals surface area contributed by atoms with E-state index in [1.807, 2.05) is 0 Å². The normalized spacial score (nSPS) is 21.7. The molecule has 0 bridgehead atoms. The van der Waals surface area contributed by atoms with Gasteiger partial charge >= 0.3 is 0 Å². The molecular formula is C15H22N2O3. The van der Waals surface area contributed by atoms with Crippen LogP contribution in [0.4, 0.5) is 5.69 Å². The predicted octanol–water partition coefficient (Wildman–Crippen LogP) is 1.42. The number of carbonyl (C=O) groups is 1. The highest BCUT2D eigenvalue weighted by Gasteiger charge is 2.26. The van der Waals surface area contributed by atoms with Crippen LogP contribution in [-0.2, 0) is 0 Å². The second-order valence-electron chi connectivity index (χ2n) is 5.30. The van der Waals surface area contributed by atoms with Crippen molar-refractivity contribution in [3.05, 3.63) is 23.8 Å². The van der Waals surface area contributed by atoms with Crippen LogP contribution in [0.25, 0.3) is 0 Å². The third-order valence-electron chi connectivity index (χ3n) is 4.07. The Hall–Kier alpha value is -1.75. The molecule has 4 N–H and O–H groups in total. The molecule has 2 unspecified atom stereocenters. The van der Waals surface area contributed by atoms with E-state index in [0.717, 1.165) is 19.3 Å². The number of anilines is 1. The highest BCUT2D eigenvalue weighted by atomic mass is 16.5. The molecule has 1 aliphatic rings. The third kappa shape index (κ3) is 3.22. The van der Waals surface area contributed by atoms with Crippen LogP contribution in [-0.4, -0.2) is 31.3 Å². The Morgan fingerprint density at radius 1 is 1.45 bits per heavy atom. The van der Waals surface area contributed by atoms with Crippen molar-refractivity contribution in [3.63, 3.8) is 0 Å². The maximum Gasteiger partial charge on any atom is 0.251 e. The van der Waals surface area contributed by atoms with Crippen LogP contribution in [0, 0.1) is 11.8 Å². The van der Waals surface area contributed by atoms with E-state index in [0.29, 0.717) is 35.4 Å². The van der Waals surface area contributed by atoms with Crippen molar-refractivity contribution in [3.8, 4) is 5.75 Å². The lowest BCUT2D eigenvalue weighted by Gasteiger charge is -2.18. The number of aliphatic hydroxyl groups excluding tert-OH is 1. The molecule has 0 heterocycles. The van der Waals surface area contributed by atoms with Gasteiger partial charge in [-0.05, 0) is 42.9 Å². The molecule has 1 aromatic rings. The summed E-state index contributed by atoms with van der Waals surface area (Å²) in [6.07, 6.45) is 3.24. The van der Waals surface area contributed by atoms with Gasteiger partial charge in [0.25, 0.3) is 5.91 Å². The number of ether oxygens (including phenoxy) is 1. The topological polar surface area (TPSA) is 84.6 Å². The van der Waals surface area contributed by atoms with Crippen LogP contribution in [0.15, 0.2) is 18.2 Å². The Morgan fingerprint density at radius 3 is 2.85 bits per heavy atom. The van der Waals surface area contributed by atoms with Gasteiger partial charge in [0.05, 0.1) is 12.8 Å². The standard InChI is InChI=1S/C15H22N2O3/c1-20-14-6-5-10(7-13(14)16)15(19)17-8-11-3-2-4-12(11)9-18/h5-7,11-12,18H,2-4,8-9,16H2,1H3,(H,17,19). The summed E-state index contributed by atoms with van der Waals surface area (Å²) in [6.45, 7) is 0.812. The minimum Gasteiger partial charge on any atom is -0.495 e. The van der Waals surface area contributed by atoms with Gasteiger partial charge in [-0.25, -0.2) is 0 Å². The molecule has 2 atom stereocenters. The summed E-state index contributed by atoms with van der Waals surface area (Å²) in [7, 11) is 1.54. The van der Waals surface area contributed by atoms with Crippen molar-refractivity contribution in [1.82, 2.24) is 5.32 Å². The molecule has 1 amide bonds. The molecule has 110 valence electrons. The van der Waals surface area contributed by atoms with E-state index in [-0.39, 0.29) is 12.5 Å². The van der Waals surface area contributed by atoms with E-state index < -0.39 is 0 Å². The van der Waals surface area contributed by atoms with Crippen molar-refractivity contribution in [1.29, 1.82) is 0 Å². The lowest BCUT2D eigenvalue weighted by atomic mass is 9.97. The van der Waals surface area contributed by atoms with Crippen molar-refractivity contribution in [2.45, 2.75) is 19.3 Å². The van der Waals surface area contributed by atoms with Crippen molar-refractivity contribution in [2.75, 3.05) is 26.0 Å². The number of hydrogen-bond acceptors (Lipinski definition) is 4. The van der Waals surface area contributed by atoms with E-state index in [1.54, 1.807) is 25.3 Å². The van der Waals surface area contributed by atoms with Gasteiger partial charge in [-0.1, -0.05) is 6.42 Å². The van der Waals surface area contributed by atoms with Crippen LogP contribution < -0.4 is 15.8 Å². The zero-order valence-corrected chi connectivity index (χ0v) is 11.8. The highest BCUT2D eigenvalue weighted by Crippen LogP contribution is 2.30. The molecule has 0 saturated heterocycles. The SMILES string of the molecule is COc1ccc(C(=O)NCC2CCCC2CO)cc1N. The predicted molar refractivity (Wildman–Crippen MR) is 77.7 cm³/mol. The van der Waals surface area contributed by atoms with Gasteiger partial charge in [-0.3, -0.25) is 4.79 Å². The van der Waals surface area contributed by atoms with Crippen LogP contribution in [0.1, 0.15) is 29.6 Å². The van der Waals surface area contributed by atoms with E-state index in [1.165, 1.54) is 0 Å². The number of methoxy groups -OCH3 is 1. The molecule has 0 radical (unpaired) electrons. The molecule has 1 aromatic carbocycles. The monoisotopic (exact) mass is 278 g/mol. The van der Waals surface area contributed by atoms with E-state index in [2.05, 4.69) is 5.32 Å². The van der Waals surface area contributed by atoms with E-state index >= 15 is 0 Å². The van der Waals surface area contributed by atoms with Crippen molar-refractivity contribution in [2.24, 2.45) is 11.8 Å². The van der Waals surface area contributed by atoms with E-state index in [9.17, 15) is 9.90 Å². The molecule has 20 heavy (non-hydrogen) atoms. The Morgan fingerprint density at radius 2 is 2.20 bits per heavy atom. The summed E-state index contributed by atoms with van der Waals surface area (Å²) in [4.78, 5) is 12.1. The summed E-state index contributed by atoms with van der Waals surface area (Å²) in [5.74, 6) is 1.12. The van der Waals surface area contributed by atoms with Gasteiger partial charge in [0.1, 0.15) is 5.75 Å². The summed E-state index contributed by atoms with van der Waals surface area (Å²) >= 11 is 0. The maximum atomic E-state index is 12.1. The number of benzene rings is 1. The zero-order valence-electron chi connectivity index (χ0n) is 11.8. The fourth-order valence-electron chi connectivity index (χ4n) is 2.82. The minimum atomic E-state index is -0.136. The van der Waals surface area contributed by atoms with Crippen LogP contribution in [0.5, 0.6) is 5.75 Å². The molecule has 1 fully saturated rings. The number of aliphatic hydroxyl groups is 1. The fraction of sp³-hybridized carbons (Fsp3) is 0.533. The summed E-state index contributed by atoms with van der Waals surface area (Å²) < 4.78 is 5.07. The zero-order chi connectivity index (χ0) is 14.5. The number of amides is 1. The van der Waals surface area contributed by atoms with Gasteiger partial charge in [-0.2, -0.15) is 0 Å². The van der Waals surface area contributed by atoms with Crippen LogP contribution in [0.3, 0.4) is 0 Å². The first kappa shape index (κ1) is 14.7. The van der Waals surface area contributed by atoms with Gasteiger partial charge in [0.2, 0.25) is 0 Å². The summed E-state index contributed by atoms with van der Waals surface area (Å²) in [5.41, 5.74) is 6.78. The summed E-state index contributed by atoms with van der Waals surface area (Å²) in [6, 6.07) is 5.01. The van der Waals surface area contributed by atoms with Gasteiger partial charge in [0.15, 0.2) is 0 Å². The molecule has 5 nitrogen and oxygen atoms in total. The molecule has 1 saturated carbocycles. The molecule has 0 spiro atoms. The molecule has 2 rings (SSSR count). The number of nitrogens with one attached hydrogen (secondary N) is 1. The third-order valence-corrected chi connectivity index (χ3v) is 4.07. The van der Waals surface area contributed by atoms with Gasteiger partial charge in [-0.15, -0.1) is 0 Å². The van der Waals surface area contributed by atoms with Crippen molar-refractivity contribution < 1.29 is 14.6 Å². The Labute approximate surface area is 119 Å². The molecule has 5 heteroatoms. The lowest BCUT2D eigenvalue weighted by molar-refractivity contribution is 0.0938. The smallest absolute Gasteiger partial charge is 0.251 e. The first-order valence-electron chi connectivity index (χ1n) is 6.98. The highest BCUT2D eigenvalue weighted by molar-refractivity contribution is 5.95. The number of carbonyl (C=O) groups excluding carboxylic acids is 1. The molecular weight excluding hydrogens is 256 g/mol. The average Bonchev–Trinajstić information content (AvgIpc) is 2.92. The van der Waals surface area contributed by atoms with Crippen LogP contribution >= 0.6 is 0 Å². The Bertz CT molecular complexity index is 476. The van der Waals surface area contributed by atoms with Crippen molar-refractivity contribution >= 4 is 11.6 Å². The lowest BCUT2D eigenvalue weighted by Crippen LogP contribution is -2.31. The quantitative estimate of drug-likeness (QED) is 0.711. The number of nitrogens with two attached hydrogens (primary N) is 1. The molecule has 0 aliphatic heterocycles. The Kier molecular flexibility index (Phi) is 4.84. The first-order valence-corrected chi connectivity index (χ1v) is 6.98. The number of nitrogen functional groups attached to an aromatic ring is 1. The fourth-order valence-corrected chi connectivity index (χ4v) is 2.82. The van der Waals surface area contributed by atoms with Gasteiger partial charge < -0.3 is 20.9 Å². The number of rotatable bonds is 5. The number of hydrogen-bond donors (Lipinski definition) is 3. The first-order chi connectivity index (χ1) is 9.65. The van der Waals surface area contributed by atoms with Gasteiger partial charge in [0, 0.05) is 18.7 Å². The Balaban J connectivity index is 1.93. The second kappa shape index (κ2) is 6.61. The molecule has 0 aromatic heterocycles. The minimum absolute atomic E-state index is 0.136. The van der Waals surface area contributed by atoms with Crippen LogP contribution in [0.2, 0.25) is 0 Å². The summed E-state index contributed by atoms with van der Waals surface area (Å²) in [5, 5.41) is 12.2. The maximum absolute atomic E-state index is 12.1. The second-order valence-corrected chi connectivity index (χ2v) is 5.30.